The van der Waals surface area contributed by atoms with Gasteiger partial charge in [0.15, 0.2) is 0 Å². The minimum Gasteiger partial charge on any atom is -0.460 e. The fourth-order valence-corrected chi connectivity index (χ4v) is 3.88. The van der Waals surface area contributed by atoms with Crippen LogP contribution in [-0.2, 0) is 29.4 Å². The zero-order valence-electron chi connectivity index (χ0n) is 19.8. The highest BCUT2D eigenvalue weighted by Crippen LogP contribution is 2.32. The average molecular weight is 485 g/mol. The number of nitrogens with zero attached hydrogens (tertiary/aromatic N) is 1. The summed E-state index contributed by atoms with van der Waals surface area (Å²) >= 11 is 0. The number of amides is 1. The Morgan fingerprint density at radius 2 is 1.54 bits per heavy atom. The van der Waals surface area contributed by atoms with Crippen LogP contribution in [0, 0.1) is 0 Å². The Balaban J connectivity index is 1.56. The third-order valence-electron chi connectivity index (χ3n) is 5.80. The molecular formula is C26H32N2O7. The Hall–Kier alpha value is -3.43. The molecule has 1 atom stereocenters. The molecule has 1 heterocycles. The SMILES string of the molecule is CC(OC(=O)CCCN)OC(=O)N1CCC(OC(=O)C(O)(c2ccccc2)c2ccccc2)CC1. The van der Waals surface area contributed by atoms with E-state index in [1.165, 1.54) is 11.8 Å². The minimum absolute atomic E-state index is 0.160. The summed E-state index contributed by atoms with van der Waals surface area (Å²) in [7, 11) is 0. The molecule has 1 saturated heterocycles. The molecule has 0 bridgehead atoms. The molecule has 1 aliphatic rings. The summed E-state index contributed by atoms with van der Waals surface area (Å²) in [4.78, 5) is 38.8. The maximum atomic E-state index is 13.2. The zero-order valence-corrected chi connectivity index (χ0v) is 19.8. The number of carbonyl (C=O) groups is 3. The Morgan fingerprint density at radius 3 is 2.06 bits per heavy atom. The van der Waals surface area contributed by atoms with Gasteiger partial charge in [0, 0.05) is 39.3 Å². The van der Waals surface area contributed by atoms with E-state index >= 15 is 0 Å². The van der Waals surface area contributed by atoms with Gasteiger partial charge in [0.05, 0.1) is 0 Å². The molecule has 1 amide bonds. The second-order valence-electron chi connectivity index (χ2n) is 8.37. The lowest BCUT2D eigenvalue weighted by Gasteiger charge is -2.34. The topological polar surface area (TPSA) is 128 Å². The predicted molar refractivity (Wildman–Crippen MR) is 127 cm³/mol. The third-order valence-corrected chi connectivity index (χ3v) is 5.80. The van der Waals surface area contributed by atoms with E-state index in [1.54, 1.807) is 60.7 Å². The first-order valence-electron chi connectivity index (χ1n) is 11.7. The Labute approximate surface area is 204 Å². The van der Waals surface area contributed by atoms with Gasteiger partial charge in [-0.1, -0.05) is 60.7 Å². The van der Waals surface area contributed by atoms with Gasteiger partial charge in [-0.3, -0.25) is 4.79 Å². The third kappa shape index (κ3) is 6.80. The van der Waals surface area contributed by atoms with Crippen LogP contribution in [0.25, 0.3) is 0 Å². The lowest BCUT2D eigenvalue weighted by Crippen LogP contribution is -2.45. The van der Waals surface area contributed by atoms with Crippen molar-refractivity contribution >= 4 is 18.0 Å². The fourth-order valence-electron chi connectivity index (χ4n) is 3.88. The summed E-state index contributed by atoms with van der Waals surface area (Å²) < 4.78 is 16.0. The number of ether oxygens (including phenoxy) is 3. The van der Waals surface area contributed by atoms with Crippen molar-refractivity contribution in [3.8, 4) is 0 Å². The molecular weight excluding hydrogens is 452 g/mol. The van der Waals surface area contributed by atoms with Crippen molar-refractivity contribution in [2.24, 2.45) is 5.73 Å². The highest BCUT2D eigenvalue weighted by Gasteiger charge is 2.43. The molecule has 0 aromatic heterocycles. The monoisotopic (exact) mass is 484 g/mol. The first-order chi connectivity index (χ1) is 16.8. The number of carbonyl (C=O) groups excluding carboxylic acids is 3. The quantitative estimate of drug-likeness (QED) is 0.411. The molecule has 3 rings (SSSR count). The summed E-state index contributed by atoms with van der Waals surface area (Å²) in [6.45, 7) is 2.43. The summed E-state index contributed by atoms with van der Waals surface area (Å²) in [5.41, 5.74) is 4.23. The zero-order chi connectivity index (χ0) is 25.3. The molecule has 9 heteroatoms. The van der Waals surface area contributed by atoms with Gasteiger partial charge in [-0.2, -0.15) is 0 Å². The Morgan fingerprint density at radius 1 is 1.00 bits per heavy atom. The van der Waals surface area contributed by atoms with Gasteiger partial charge in [0.25, 0.3) is 0 Å². The van der Waals surface area contributed by atoms with E-state index in [9.17, 15) is 19.5 Å². The van der Waals surface area contributed by atoms with Gasteiger partial charge in [-0.15, -0.1) is 0 Å². The minimum atomic E-state index is -1.96. The number of rotatable bonds is 9. The predicted octanol–water partition coefficient (Wildman–Crippen LogP) is 2.69. The molecule has 188 valence electrons. The Bertz CT molecular complexity index is 936. The van der Waals surface area contributed by atoms with E-state index < -0.39 is 36.0 Å². The van der Waals surface area contributed by atoms with Crippen molar-refractivity contribution in [2.75, 3.05) is 19.6 Å². The van der Waals surface area contributed by atoms with E-state index in [0.717, 1.165) is 0 Å². The van der Waals surface area contributed by atoms with Crippen LogP contribution in [0.4, 0.5) is 4.79 Å². The van der Waals surface area contributed by atoms with Crippen molar-refractivity contribution in [1.82, 2.24) is 4.90 Å². The molecule has 0 radical (unpaired) electrons. The molecule has 1 fully saturated rings. The van der Waals surface area contributed by atoms with Crippen molar-refractivity contribution in [2.45, 2.75) is 50.6 Å². The molecule has 0 aliphatic carbocycles. The van der Waals surface area contributed by atoms with E-state index in [1.807, 2.05) is 0 Å². The van der Waals surface area contributed by atoms with Crippen LogP contribution < -0.4 is 5.73 Å². The van der Waals surface area contributed by atoms with Crippen molar-refractivity contribution < 1.29 is 33.7 Å². The molecule has 3 N–H and O–H groups in total. The number of hydrogen-bond acceptors (Lipinski definition) is 8. The second-order valence-corrected chi connectivity index (χ2v) is 8.37. The van der Waals surface area contributed by atoms with Crippen LogP contribution in [-0.4, -0.2) is 60.1 Å². The van der Waals surface area contributed by atoms with Gasteiger partial charge in [-0.25, -0.2) is 9.59 Å². The van der Waals surface area contributed by atoms with Crippen LogP contribution >= 0.6 is 0 Å². The van der Waals surface area contributed by atoms with Crippen molar-refractivity contribution in [3.63, 3.8) is 0 Å². The molecule has 35 heavy (non-hydrogen) atoms. The standard InChI is InChI=1S/C26H32N2O7/c1-19(33-23(29)13-8-16-27)34-25(31)28-17-14-22(15-18-28)35-24(30)26(32,20-9-4-2-5-10-20)21-11-6-3-7-12-21/h2-7,9-12,19,22,32H,8,13-18,27H2,1H3. The molecule has 2 aromatic rings. The lowest BCUT2D eigenvalue weighted by molar-refractivity contribution is -0.170. The number of benzene rings is 2. The van der Waals surface area contributed by atoms with E-state index in [0.29, 0.717) is 50.0 Å². The molecule has 0 spiro atoms. The fraction of sp³-hybridized carbons (Fsp3) is 0.423. The van der Waals surface area contributed by atoms with E-state index in [4.69, 9.17) is 19.9 Å². The highest BCUT2D eigenvalue weighted by molar-refractivity contribution is 5.85. The molecule has 2 aromatic carbocycles. The number of likely N-dealkylation sites (tertiary alicyclic amines) is 1. The van der Waals surface area contributed by atoms with E-state index in [2.05, 4.69) is 0 Å². The largest absolute Gasteiger partial charge is 0.460 e. The summed E-state index contributed by atoms with van der Waals surface area (Å²) in [5.74, 6) is -1.25. The second kappa shape index (κ2) is 12.3. The van der Waals surface area contributed by atoms with Crippen molar-refractivity contribution in [1.29, 1.82) is 0 Å². The summed E-state index contributed by atoms with van der Waals surface area (Å²) in [5, 5.41) is 11.5. The number of nitrogens with two attached hydrogens (primary N) is 1. The lowest BCUT2D eigenvalue weighted by atomic mass is 9.86. The normalized spacial score (nSPS) is 15.2. The van der Waals surface area contributed by atoms with Crippen LogP contribution in [0.5, 0.6) is 0 Å². The summed E-state index contributed by atoms with van der Waals surface area (Å²) in [6.07, 6.45) is -0.690. The first kappa shape index (κ1) is 26.2. The average Bonchev–Trinajstić information content (AvgIpc) is 2.88. The number of aliphatic hydroxyl groups is 1. The summed E-state index contributed by atoms with van der Waals surface area (Å²) in [6, 6.07) is 17.3. The van der Waals surface area contributed by atoms with Crippen LogP contribution in [0.2, 0.25) is 0 Å². The number of piperidine rings is 1. The van der Waals surface area contributed by atoms with Crippen molar-refractivity contribution in [3.05, 3.63) is 71.8 Å². The van der Waals surface area contributed by atoms with Gasteiger partial charge in [0.1, 0.15) is 6.10 Å². The smallest absolute Gasteiger partial charge is 0.412 e. The van der Waals surface area contributed by atoms with Gasteiger partial charge >= 0.3 is 18.0 Å². The van der Waals surface area contributed by atoms with Gasteiger partial charge in [-0.05, 0) is 24.1 Å². The van der Waals surface area contributed by atoms with Gasteiger partial charge in [0.2, 0.25) is 11.9 Å². The molecule has 9 nitrogen and oxygen atoms in total. The van der Waals surface area contributed by atoms with Crippen LogP contribution in [0.1, 0.15) is 43.7 Å². The highest BCUT2D eigenvalue weighted by atomic mass is 16.7. The first-order valence-corrected chi connectivity index (χ1v) is 11.7. The molecule has 1 aliphatic heterocycles. The number of hydrogen-bond donors (Lipinski definition) is 2. The molecule has 0 saturated carbocycles. The number of esters is 2. The van der Waals surface area contributed by atoms with Gasteiger partial charge < -0.3 is 30.0 Å². The van der Waals surface area contributed by atoms with E-state index in [-0.39, 0.29) is 6.42 Å². The Kier molecular flexibility index (Phi) is 9.22. The maximum Gasteiger partial charge on any atom is 0.412 e. The maximum absolute atomic E-state index is 13.2. The molecule has 1 unspecified atom stereocenters. The van der Waals surface area contributed by atoms with Crippen LogP contribution in [0.3, 0.4) is 0 Å². The van der Waals surface area contributed by atoms with Crippen LogP contribution in [0.15, 0.2) is 60.7 Å².